The number of hydrogen-bond acceptors (Lipinski definition) is 6. The van der Waals surface area contributed by atoms with Crippen LogP contribution < -0.4 is 19.8 Å². The second-order valence-electron chi connectivity index (χ2n) is 9.88. The summed E-state index contributed by atoms with van der Waals surface area (Å²) in [5, 5.41) is 0.687. The maximum Gasteiger partial charge on any atom is 0.336 e. The van der Waals surface area contributed by atoms with Crippen molar-refractivity contribution in [3.8, 4) is 17.2 Å². The zero-order valence-electron chi connectivity index (χ0n) is 19.6. The minimum absolute atomic E-state index is 0.0847. The van der Waals surface area contributed by atoms with Gasteiger partial charge in [-0.1, -0.05) is 32.9 Å². The topological polar surface area (TPSA) is 75.0 Å². The number of rotatable bonds is 5. The molecule has 1 heterocycles. The molecule has 2 aliphatic rings. The van der Waals surface area contributed by atoms with Crippen LogP contribution >= 0.6 is 0 Å². The fourth-order valence-electron chi connectivity index (χ4n) is 6.06. The van der Waals surface area contributed by atoms with E-state index in [9.17, 15) is 9.59 Å². The summed E-state index contributed by atoms with van der Waals surface area (Å²) in [6.07, 6.45) is 3.26. The molecule has 6 nitrogen and oxygen atoms in total. The fraction of sp³-hybridized carbons (Fsp3) is 0.538. The van der Waals surface area contributed by atoms with E-state index in [1.807, 2.05) is 0 Å². The van der Waals surface area contributed by atoms with E-state index in [0.717, 1.165) is 24.8 Å². The van der Waals surface area contributed by atoms with Crippen LogP contribution in [0.5, 0.6) is 17.2 Å². The molecule has 4 rings (SSSR count). The van der Waals surface area contributed by atoms with Gasteiger partial charge in [0.25, 0.3) is 0 Å². The largest absolute Gasteiger partial charge is 0.493 e. The minimum atomic E-state index is -0.461. The van der Waals surface area contributed by atoms with Crippen LogP contribution in [0.15, 0.2) is 39.6 Å². The van der Waals surface area contributed by atoms with Crippen LogP contribution in [0.2, 0.25) is 0 Å². The van der Waals surface area contributed by atoms with Gasteiger partial charge in [0, 0.05) is 29.2 Å². The number of Topliss-reactive ketones (excluding diaryl/α,β-unsaturated/α-hetero) is 1. The van der Waals surface area contributed by atoms with Crippen LogP contribution in [-0.4, -0.2) is 26.6 Å². The van der Waals surface area contributed by atoms with Gasteiger partial charge in [0.05, 0.1) is 20.8 Å². The average molecular weight is 441 g/mol. The van der Waals surface area contributed by atoms with E-state index in [1.54, 1.807) is 19.2 Å². The highest BCUT2D eigenvalue weighted by Crippen LogP contribution is 2.60. The van der Waals surface area contributed by atoms with Crippen LogP contribution in [0, 0.1) is 22.7 Å². The van der Waals surface area contributed by atoms with E-state index in [4.69, 9.17) is 18.6 Å². The molecule has 0 aliphatic heterocycles. The molecule has 0 spiro atoms. The first kappa shape index (κ1) is 22.4. The normalized spacial score (nSPS) is 27.2. The third-order valence-electron chi connectivity index (χ3n) is 7.92. The summed E-state index contributed by atoms with van der Waals surface area (Å²) in [6, 6.07) is 4.81. The number of benzene rings is 1. The Labute approximate surface area is 188 Å². The molecule has 1 aromatic heterocycles. The lowest BCUT2D eigenvalue weighted by molar-refractivity contribution is -0.145. The summed E-state index contributed by atoms with van der Waals surface area (Å²) in [5.41, 5.74) is 0.576. The molecule has 0 bridgehead atoms. The SMILES string of the molecule is C=C1CCC2C(C)(C)C(=O)CCC2(C)C1COc1c(OC)cc2ccc(=O)oc2c1OC. The molecule has 2 aromatic rings. The van der Waals surface area contributed by atoms with Crippen LogP contribution in [0.4, 0.5) is 0 Å². The molecular formula is C26H32O6. The lowest BCUT2D eigenvalue weighted by Crippen LogP contribution is -2.54. The third kappa shape index (κ3) is 3.40. The summed E-state index contributed by atoms with van der Waals surface area (Å²) in [6.45, 7) is 11.2. The van der Waals surface area contributed by atoms with Crippen molar-refractivity contribution in [1.82, 2.24) is 0 Å². The molecule has 2 fully saturated rings. The smallest absolute Gasteiger partial charge is 0.336 e. The van der Waals surface area contributed by atoms with E-state index >= 15 is 0 Å². The summed E-state index contributed by atoms with van der Waals surface area (Å²) in [7, 11) is 3.08. The molecule has 6 heteroatoms. The number of carbonyl (C=O) groups excluding carboxylic acids is 1. The van der Waals surface area contributed by atoms with Crippen LogP contribution in [0.3, 0.4) is 0 Å². The van der Waals surface area contributed by atoms with Crippen molar-refractivity contribution >= 4 is 16.8 Å². The highest BCUT2D eigenvalue weighted by molar-refractivity contribution is 5.88. The fourth-order valence-corrected chi connectivity index (χ4v) is 6.06. The molecule has 32 heavy (non-hydrogen) atoms. The van der Waals surface area contributed by atoms with Gasteiger partial charge in [-0.25, -0.2) is 4.79 Å². The molecule has 0 N–H and O–H groups in total. The first-order valence-corrected chi connectivity index (χ1v) is 11.2. The zero-order valence-corrected chi connectivity index (χ0v) is 19.6. The molecule has 1 aromatic carbocycles. The van der Waals surface area contributed by atoms with Crippen molar-refractivity contribution in [3.63, 3.8) is 0 Å². The second-order valence-corrected chi connectivity index (χ2v) is 9.88. The highest BCUT2D eigenvalue weighted by Gasteiger charge is 2.56. The van der Waals surface area contributed by atoms with Crippen molar-refractivity contribution in [3.05, 3.63) is 40.8 Å². The van der Waals surface area contributed by atoms with Crippen molar-refractivity contribution in [2.45, 2.75) is 46.5 Å². The number of carbonyl (C=O) groups is 1. The quantitative estimate of drug-likeness (QED) is 0.472. The van der Waals surface area contributed by atoms with E-state index in [0.29, 0.717) is 47.0 Å². The number of fused-ring (bicyclic) bond motifs is 2. The molecule has 2 aliphatic carbocycles. The summed E-state index contributed by atoms with van der Waals surface area (Å²) in [5.74, 6) is 1.95. The van der Waals surface area contributed by atoms with E-state index in [2.05, 4.69) is 27.4 Å². The molecule has 0 radical (unpaired) electrons. The summed E-state index contributed by atoms with van der Waals surface area (Å²) >= 11 is 0. The van der Waals surface area contributed by atoms with Crippen molar-refractivity contribution in [1.29, 1.82) is 0 Å². The van der Waals surface area contributed by atoms with Crippen LogP contribution in [0.1, 0.15) is 46.5 Å². The Bertz CT molecular complexity index is 1130. The Kier molecular flexibility index (Phi) is 5.60. The Balaban J connectivity index is 1.71. The Hall–Kier alpha value is -2.76. The predicted molar refractivity (Wildman–Crippen MR) is 123 cm³/mol. The summed E-state index contributed by atoms with van der Waals surface area (Å²) < 4.78 is 22.9. The number of hydrogen-bond donors (Lipinski definition) is 0. The lowest BCUT2D eigenvalue weighted by Gasteiger charge is -2.56. The molecule has 3 unspecified atom stereocenters. The van der Waals surface area contributed by atoms with Crippen molar-refractivity contribution in [2.75, 3.05) is 20.8 Å². The minimum Gasteiger partial charge on any atom is -0.493 e. The Morgan fingerprint density at radius 2 is 1.84 bits per heavy atom. The lowest BCUT2D eigenvalue weighted by atomic mass is 9.47. The third-order valence-corrected chi connectivity index (χ3v) is 7.92. The van der Waals surface area contributed by atoms with E-state index in [1.165, 1.54) is 13.2 Å². The average Bonchev–Trinajstić information content (AvgIpc) is 2.75. The molecule has 172 valence electrons. The van der Waals surface area contributed by atoms with E-state index < -0.39 is 5.63 Å². The molecular weight excluding hydrogens is 408 g/mol. The number of ketones is 1. The maximum absolute atomic E-state index is 12.7. The van der Waals surface area contributed by atoms with Gasteiger partial charge < -0.3 is 18.6 Å². The van der Waals surface area contributed by atoms with Gasteiger partial charge in [-0.05, 0) is 42.7 Å². The number of ether oxygens (including phenoxy) is 3. The molecule has 0 saturated heterocycles. The zero-order chi connectivity index (χ0) is 23.3. The number of methoxy groups -OCH3 is 2. The van der Waals surface area contributed by atoms with Crippen LogP contribution in [-0.2, 0) is 4.79 Å². The van der Waals surface area contributed by atoms with Crippen LogP contribution in [0.25, 0.3) is 11.0 Å². The molecule has 2 saturated carbocycles. The highest BCUT2D eigenvalue weighted by atomic mass is 16.5. The van der Waals surface area contributed by atoms with Crippen molar-refractivity contribution < 1.29 is 23.4 Å². The monoisotopic (exact) mass is 440 g/mol. The molecule has 0 amide bonds. The standard InChI is InChI=1S/C26H32O6/c1-15-7-9-19-25(2,3)20(27)11-12-26(19,4)17(15)14-31-23-18(29-5)13-16-8-10-21(28)32-22(16)24(23)30-6/h8,10,13,17,19H,1,7,9,11-12,14H2,2-6H3. The van der Waals surface area contributed by atoms with Gasteiger partial charge >= 0.3 is 5.63 Å². The van der Waals surface area contributed by atoms with Gasteiger partial charge in [0.1, 0.15) is 5.78 Å². The maximum atomic E-state index is 12.7. The summed E-state index contributed by atoms with van der Waals surface area (Å²) in [4.78, 5) is 24.5. The first-order chi connectivity index (χ1) is 15.1. The van der Waals surface area contributed by atoms with E-state index in [-0.39, 0.29) is 22.7 Å². The second kappa shape index (κ2) is 7.98. The first-order valence-electron chi connectivity index (χ1n) is 11.2. The van der Waals surface area contributed by atoms with Gasteiger partial charge in [-0.3, -0.25) is 4.79 Å². The Morgan fingerprint density at radius 3 is 2.53 bits per heavy atom. The molecule has 3 atom stereocenters. The Morgan fingerprint density at radius 1 is 1.09 bits per heavy atom. The van der Waals surface area contributed by atoms with Crippen molar-refractivity contribution in [2.24, 2.45) is 22.7 Å². The van der Waals surface area contributed by atoms with Gasteiger partial charge in [-0.15, -0.1) is 0 Å². The predicted octanol–water partition coefficient (Wildman–Crippen LogP) is 5.17. The van der Waals surface area contributed by atoms with Gasteiger partial charge in [0.15, 0.2) is 11.3 Å². The van der Waals surface area contributed by atoms with Gasteiger partial charge in [-0.2, -0.15) is 0 Å². The van der Waals surface area contributed by atoms with Gasteiger partial charge in [0.2, 0.25) is 11.5 Å².